The standard InChI is InChI=1S/C20H26BrClN4O5S/c1-20(2,3)31-19(30)26-6-4-25(5-7-26)9-11(27)10-32-16-14(21)13(22)8-12-15(16)23-18(29)24-17(12)28/h8,11,27H,4-7,9-10H2,1-3H3,(H2,23,24,28,29)/t11-/m1/s1. The second kappa shape index (κ2) is 10.2. The number of thioether (sulfide) groups is 1. The molecule has 3 N–H and O–H groups in total. The van der Waals surface area contributed by atoms with Gasteiger partial charge in [0.1, 0.15) is 5.60 Å². The fraction of sp³-hybridized carbons (Fsp3) is 0.550. The van der Waals surface area contributed by atoms with Gasteiger partial charge >= 0.3 is 11.8 Å². The first-order chi connectivity index (χ1) is 14.9. The van der Waals surface area contributed by atoms with E-state index in [0.717, 1.165) is 0 Å². The molecule has 0 bridgehead atoms. The number of fused-ring (bicyclic) bond motifs is 1. The van der Waals surface area contributed by atoms with Gasteiger partial charge in [-0.1, -0.05) is 11.6 Å². The molecule has 2 heterocycles. The summed E-state index contributed by atoms with van der Waals surface area (Å²) >= 11 is 10.9. The van der Waals surface area contributed by atoms with Crippen LogP contribution in [0.1, 0.15) is 20.8 Å². The Morgan fingerprint density at radius 1 is 1.28 bits per heavy atom. The third kappa shape index (κ3) is 6.28. The number of hydrogen-bond acceptors (Lipinski definition) is 7. The number of nitrogens with one attached hydrogen (secondary N) is 2. The number of aliphatic hydroxyl groups is 1. The Hall–Kier alpha value is -1.53. The molecule has 176 valence electrons. The summed E-state index contributed by atoms with van der Waals surface area (Å²) in [6.45, 7) is 8.27. The number of carbonyl (C=O) groups excluding carboxylic acids is 1. The number of hydrogen-bond donors (Lipinski definition) is 3. The average Bonchev–Trinajstić information content (AvgIpc) is 2.68. The van der Waals surface area contributed by atoms with Crippen LogP contribution < -0.4 is 11.2 Å². The van der Waals surface area contributed by atoms with Gasteiger partial charge in [-0.05, 0) is 42.8 Å². The third-order valence-corrected chi connectivity index (χ3v) is 7.66. The van der Waals surface area contributed by atoms with Crippen molar-refractivity contribution in [2.45, 2.75) is 37.4 Å². The maximum Gasteiger partial charge on any atom is 0.410 e. The highest BCUT2D eigenvalue weighted by atomic mass is 79.9. The minimum absolute atomic E-state index is 0.271. The van der Waals surface area contributed by atoms with Crippen molar-refractivity contribution in [3.05, 3.63) is 36.4 Å². The number of aromatic amines is 2. The summed E-state index contributed by atoms with van der Waals surface area (Å²) in [5, 5.41) is 11.2. The number of amides is 1. The highest BCUT2D eigenvalue weighted by Crippen LogP contribution is 2.38. The molecule has 1 saturated heterocycles. The van der Waals surface area contributed by atoms with Gasteiger partial charge in [0, 0.05) is 43.4 Å². The molecular formula is C20H26BrClN4O5S. The monoisotopic (exact) mass is 548 g/mol. The van der Waals surface area contributed by atoms with Crippen LogP contribution in [0, 0.1) is 0 Å². The Morgan fingerprint density at radius 3 is 2.56 bits per heavy atom. The Kier molecular flexibility index (Phi) is 7.97. The van der Waals surface area contributed by atoms with Crippen molar-refractivity contribution < 1.29 is 14.6 Å². The molecule has 1 atom stereocenters. The average molecular weight is 550 g/mol. The lowest BCUT2D eigenvalue weighted by Gasteiger charge is -2.36. The van der Waals surface area contributed by atoms with E-state index in [9.17, 15) is 19.5 Å². The van der Waals surface area contributed by atoms with Crippen LogP contribution in [0.15, 0.2) is 25.0 Å². The summed E-state index contributed by atoms with van der Waals surface area (Å²) in [5.41, 5.74) is -1.29. The number of carbonyl (C=O) groups is 1. The molecule has 0 aliphatic carbocycles. The van der Waals surface area contributed by atoms with Gasteiger partial charge in [-0.15, -0.1) is 11.8 Å². The number of benzene rings is 1. The van der Waals surface area contributed by atoms with Crippen LogP contribution in [0.2, 0.25) is 5.02 Å². The summed E-state index contributed by atoms with van der Waals surface area (Å²) in [4.78, 5) is 45.2. The molecule has 0 saturated carbocycles. The van der Waals surface area contributed by atoms with Crippen LogP contribution in [0.4, 0.5) is 4.79 Å². The number of rotatable bonds is 5. The van der Waals surface area contributed by atoms with E-state index in [-0.39, 0.29) is 11.5 Å². The predicted octanol–water partition coefficient (Wildman–Crippen LogP) is 2.64. The SMILES string of the molecule is CC(C)(C)OC(=O)N1CCN(C[C@@H](O)CSc2c(Br)c(Cl)cc3c(=O)[nH]c(=O)[nH]c23)CC1. The topological polar surface area (TPSA) is 119 Å². The van der Waals surface area contributed by atoms with E-state index in [0.29, 0.717) is 58.4 Å². The van der Waals surface area contributed by atoms with Crippen LogP contribution in [0.5, 0.6) is 0 Å². The van der Waals surface area contributed by atoms with E-state index in [4.69, 9.17) is 16.3 Å². The zero-order valence-corrected chi connectivity index (χ0v) is 21.2. The summed E-state index contributed by atoms with van der Waals surface area (Å²) in [7, 11) is 0. The molecule has 2 aromatic rings. The largest absolute Gasteiger partial charge is 0.444 e. The van der Waals surface area contributed by atoms with Crippen molar-refractivity contribution >= 4 is 56.3 Å². The molecule has 12 heteroatoms. The van der Waals surface area contributed by atoms with Gasteiger partial charge in [-0.25, -0.2) is 9.59 Å². The predicted molar refractivity (Wildman–Crippen MR) is 129 cm³/mol. The van der Waals surface area contributed by atoms with Crippen LogP contribution in [-0.4, -0.2) is 81.1 Å². The lowest BCUT2D eigenvalue weighted by Crippen LogP contribution is -2.51. The molecule has 0 unspecified atom stereocenters. The van der Waals surface area contributed by atoms with Crippen LogP contribution in [0.3, 0.4) is 0 Å². The van der Waals surface area contributed by atoms with Gasteiger partial charge < -0.3 is 19.7 Å². The molecule has 9 nitrogen and oxygen atoms in total. The number of aromatic nitrogens is 2. The Morgan fingerprint density at radius 2 is 1.94 bits per heavy atom. The quantitative estimate of drug-likeness (QED) is 0.491. The molecule has 0 spiro atoms. The fourth-order valence-corrected chi connectivity index (χ4v) is 5.25. The second-order valence-corrected chi connectivity index (χ2v) is 10.8. The van der Waals surface area contributed by atoms with Gasteiger partial charge in [0.2, 0.25) is 0 Å². The molecule has 32 heavy (non-hydrogen) atoms. The Bertz CT molecular complexity index is 1110. The summed E-state index contributed by atoms with van der Waals surface area (Å²) in [6, 6.07) is 1.49. The Labute approximate surface area is 202 Å². The minimum atomic E-state index is -0.664. The molecule has 3 rings (SSSR count). The van der Waals surface area contributed by atoms with Gasteiger partial charge in [-0.3, -0.25) is 14.7 Å². The zero-order valence-electron chi connectivity index (χ0n) is 18.0. The van der Waals surface area contributed by atoms with E-state index in [1.165, 1.54) is 17.8 Å². The first kappa shape index (κ1) is 25.1. The van der Waals surface area contributed by atoms with Gasteiger partial charge in [0.15, 0.2) is 0 Å². The molecule has 1 aliphatic rings. The lowest BCUT2D eigenvalue weighted by atomic mass is 10.2. The maximum absolute atomic E-state index is 12.2. The molecule has 1 aromatic heterocycles. The van der Waals surface area contributed by atoms with E-state index >= 15 is 0 Å². The van der Waals surface area contributed by atoms with Crippen LogP contribution in [0.25, 0.3) is 10.9 Å². The van der Waals surface area contributed by atoms with E-state index in [2.05, 4.69) is 30.8 Å². The van der Waals surface area contributed by atoms with Crippen molar-refractivity contribution in [2.75, 3.05) is 38.5 Å². The number of β-amino-alcohol motifs (C(OH)–C–C–N with tert-alkyl or cyclic N) is 1. The summed E-state index contributed by atoms with van der Waals surface area (Å²) < 4.78 is 5.96. The number of nitrogens with zero attached hydrogens (tertiary/aromatic N) is 2. The highest BCUT2D eigenvalue weighted by Gasteiger charge is 2.26. The highest BCUT2D eigenvalue weighted by molar-refractivity contribution is 9.10. The Balaban J connectivity index is 1.59. The molecule has 1 aromatic carbocycles. The maximum atomic E-state index is 12.2. The van der Waals surface area contributed by atoms with Gasteiger partial charge in [0.05, 0.1) is 26.5 Å². The van der Waals surface area contributed by atoms with E-state index in [1.807, 2.05) is 20.8 Å². The fourth-order valence-electron chi connectivity index (χ4n) is 3.33. The van der Waals surface area contributed by atoms with Crippen LogP contribution >= 0.6 is 39.3 Å². The molecular weight excluding hydrogens is 524 g/mol. The number of H-pyrrole nitrogens is 2. The van der Waals surface area contributed by atoms with Crippen molar-refractivity contribution in [1.82, 2.24) is 19.8 Å². The second-order valence-electron chi connectivity index (χ2n) is 8.57. The van der Waals surface area contributed by atoms with E-state index < -0.39 is 23.0 Å². The third-order valence-electron chi connectivity index (χ3n) is 4.80. The van der Waals surface area contributed by atoms with Gasteiger partial charge in [-0.2, -0.15) is 0 Å². The molecule has 1 aliphatic heterocycles. The van der Waals surface area contributed by atoms with Crippen molar-refractivity contribution in [3.63, 3.8) is 0 Å². The summed E-state index contributed by atoms with van der Waals surface area (Å²) in [6.07, 6.45) is -0.988. The van der Waals surface area contributed by atoms with Crippen molar-refractivity contribution in [1.29, 1.82) is 0 Å². The first-order valence-electron chi connectivity index (χ1n) is 10.1. The lowest BCUT2D eigenvalue weighted by molar-refractivity contribution is 0.0112. The summed E-state index contributed by atoms with van der Waals surface area (Å²) in [5.74, 6) is 0.329. The van der Waals surface area contributed by atoms with Gasteiger partial charge in [0.25, 0.3) is 5.56 Å². The van der Waals surface area contributed by atoms with Crippen molar-refractivity contribution in [2.24, 2.45) is 0 Å². The number of aliphatic hydroxyl groups excluding tert-OH is 1. The van der Waals surface area contributed by atoms with Crippen molar-refractivity contribution in [3.8, 4) is 0 Å². The number of halogens is 2. The molecule has 1 fully saturated rings. The number of piperazine rings is 1. The smallest absolute Gasteiger partial charge is 0.410 e. The normalized spacial score (nSPS) is 16.4. The van der Waals surface area contributed by atoms with Crippen LogP contribution in [-0.2, 0) is 4.74 Å². The first-order valence-corrected chi connectivity index (χ1v) is 12.3. The van der Waals surface area contributed by atoms with E-state index in [1.54, 1.807) is 4.90 Å². The molecule has 1 amide bonds. The minimum Gasteiger partial charge on any atom is -0.444 e. The zero-order chi connectivity index (χ0) is 23.6. The number of ether oxygens (including phenoxy) is 1. The molecule has 0 radical (unpaired) electrons.